The van der Waals surface area contributed by atoms with Crippen molar-refractivity contribution in [2.45, 2.75) is 32.1 Å². The Balaban J connectivity index is 1.44. The number of furan rings is 1. The summed E-state index contributed by atoms with van der Waals surface area (Å²) >= 11 is 0. The van der Waals surface area contributed by atoms with E-state index < -0.39 is 0 Å². The van der Waals surface area contributed by atoms with Crippen molar-refractivity contribution >= 4 is 17.9 Å². The van der Waals surface area contributed by atoms with Gasteiger partial charge in [-0.3, -0.25) is 9.59 Å². The molecule has 1 saturated carbocycles. The van der Waals surface area contributed by atoms with Gasteiger partial charge in [0.2, 0.25) is 11.8 Å². The molecule has 0 bridgehead atoms. The Bertz CT molecular complexity index is 551. The van der Waals surface area contributed by atoms with Crippen molar-refractivity contribution in [2.24, 2.45) is 5.92 Å². The van der Waals surface area contributed by atoms with Crippen molar-refractivity contribution in [3.05, 3.63) is 30.2 Å². The first-order valence-electron chi connectivity index (χ1n) is 8.50. The Morgan fingerprint density at radius 3 is 2.48 bits per heavy atom. The van der Waals surface area contributed by atoms with Crippen LogP contribution in [0.1, 0.15) is 37.9 Å². The summed E-state index contributed by atoms with van der Waals surface area (Å²) in [6.07, 6.45) is 10.4. The highest BCUT2D eigenvalue weighted by atomic mass is 16.3. The van der Waals surface area contributed by atoms with Crippen LogP contribution in [0.4, 0.5) is 0 Å². The number of rotatable bonds is 4. The van der Waals surface area contributed by atoms with Crippen LogP contribution in [0.2, 0.25) is 0 Å². The van der Waals surface area contributed by atoms with Crippen LogP contribution in [0, 0.1) is 5.92 Å². The molecule has 0 radical (unpaired) electrons. The molecule has 0 aromatic carbocycles. The van der Waals surface area contributed by atoms with E-state index in [9.17, 15) is 9.59 Å². The molecule has 23 heavy (non-hydrogen) atoms. The van der Waals surface area contributed by atoms with Crippen molar-refractivity contribution in [2.75, 3.05) is 26.2 Å². The van der Waals surface area contributed by atoms with Gasteiger partial charge < -0.3 is 14.2 Å². The molecule has 2 heterocycles. The highest BCUT2D eigenvalue weighted by Crippen LogP contribution is 2.28. The predicted octanol–water partition coefficient (Wildman–Crippen LogP) is 2.54. The number of hydrogen-bond donors (Lipinski definition) is 0. The van der Waals surface area contributed by atoms with Crippen molar-refractivity contribution in [3.8, 4) is 0 Å². The van der Waals surface area contributed by atoms with E-state index in [2.05, 4.69) is 0 Å². The molecule has 124 valence electrons. The number of carbonyl (C=O) groups is 2. The van der Waals surface area contributed by atoms with Crippen molar-refractivity contribution in [1.29, 1.82) is 0 Å². The van der Waals surface area contributed by atoms with Gasteiger partial charge in [-0.25, -0.2) is 0 Å². The first-order valence-corrected chi connectivity index (χ1v) is 8.50. The van der Waals surface area contributed by atoms with Gasteiger partial charge in [-0.05, 0) is 37.0 Å². The summed E-state index contributed by atoms with van der Waals surface area (Å²) in [5, 5.41) is 0. The third kappa shape index (κ3) is 4.24. The molecule has 0 N–H and O–H groups in total. The van der Waals surface area contributed by atoms with Crippen LogP contribution < -0.4 is 0 Å². The molecular weight excluding hydrogens is 292 g/mol. The molecule has 1 aliphatic heterocycles. The second-order valence-corrected chi connectivity index (χ2v) is 6.41. The molecule has 2 fully saturated rings. The minimum absolute atomic E-state index is 0.0238. The Labute approximate surface area is 136 Å². The summed E-state index contributed by atoms with van der Waals surface area (Å²) in [5.74, 6) is 1.49. The van der Waals surface area contributed by atoms with Gasteiger partial charge >= 0.3 is 0 Å². The number of amides is 2. The summed E-state index contributed by atoms with van der Waals surface area (Å²) in [4.78, 5) is 28.2. The van der Waals surface area contributed by atoms with E-state index in [4.69, 9.17) is 4.42 Å². The Hall–Kier alpha value is -2.04. The molecule has 3 rings (SSSR count). The zero-order valence-electron chi connectivity index (χ0n) is 13.4. The zero-order valence-corrected chi connectivity index (χ0v) is 13.4. The normalized spacial score (nSPS) is 19.7. The maximum atomic E-state index is 12.3. The SMILES string of the molecule is O=C(C=Cc1ccco1)N1CCN(C(=O)CC2CCCC2)CC1. The molecule has 1 aromatic heterocycles. The second kappa shape index (κ2) is 7.49. The highest BCUT2D eigenvalue weighted by Gasteiger charge is 2.26. The first kappa shape index (κ1) is 15.8. The second-order valence-electron chi connectivity index (χ2n) is 6.41. The average molecular weight is 316 g/mol. The van der Waals surface area contributed by atoms with Gasteiger partial charge in [0.1, 0.15) is 5.76 Å². The van der Waals surface area contributed by atoms with Gasteiger partial charge in [0.15, 0.2) is 0 Å². The van der Waals surface area contributed by atoms with Gasteiger partial charge in [0, 0.05) is 38.7 Å². The van der Waals surface area contributed by atoms with Crippen LogP contribution in [0.3, 0.4) is 0 Å². The van der Waals surface area contributed by atoms with Crippen molar-refractivity contribution in [1.82, 2.24) is 9.80 Å². The molecule has 5 nitrogen and oxygen atoms in total. The van der Waals surface area contributed by atoms with E-state index in [-0.39, 0.29) is 11.8 Å². The van der Waals surface area contributed by atoms with Gasteiger partial charge in [-0.2, -0.15) is 0 Å². The Morgan fingerprint density at radius 1 is 1.13 bits per heavy atom. The number of nitrogens with zero attached hydrogens (tertiary/aromatic N) is 2. The van der Waals surface area contributed by atoms with Crippen LogP contribution >= 0.6 is 0 Å². The fourth-order valence-corrected chi connectivity index (χ4v) is 3.41. The quantitative estimate of drug-likeness (QED) is 0.802. The maximum absolute atomic E-state index is 12.3. The molecule has 2 aliphatic rings. The third-order valence-electron chi connectivity index (χ3n) is 4.82. The first-order chi connectivity index (χ1) is 11.2. The molecule has 0 unspecified atom stereocenters. The summed E-state index contributed by atoms with van der Waals surface area (Å²) in [6.45, 7) is 2.51. The van der Waals surface area contributed by atoms with Crippen LogP contribution in [-0.2, 0) is 9.59 Å². The number of piperazine rings is 1. The Kier molecular flexibility index (Phi) is 5.16. The van der Waals surface area contributed by atoms with Crippen LogP contribution in [-0.4, -0.2) is 47.8 Å². The average Bonchev–Trinajstić information content (AvgIpc) is 3.26. The van der Waals surface area contributed by atoms with Crippen LogP contribution in [0.15, 0.2) is 28.9 Å². The van der Waals surface area contributed by atoms with E-state index in [0.717, 1.165) is 0 Å². The van der Waals surface area contributed by atoms with Crippen molar-refractivity contribution < 1.29 is 14.0 Å². The van der Waals surface area contributed by atoms with E-state index >= 15 is 0 Å². The van der Waals surface area contributed by atoms with E-state index in [1.807, 2.05) is 11.0 Å². The van der Waals surface area contributed by atoms with Gasteiger partial charge in [-0.1, -0.05) is 12.8 Å². The predicted molar refractivity (Wildman–Crippen MR) is 87.5 cm³/mol. The van der Waals surface area contributed by atoms with Crippen LogP contribution in [0.25, 0.3) is 6.08 Å². The maximum Gasteiger partial charge on any atom is 0.246 e. The molecule has 1 aliphatic carbocycles. The summed E-state index contributed by atoms with van der Waals surface area (Å²) < 4.78 is 5.17. The largest absolute Gasteiger partial charge is 0.465 e. The van der Waals surface area contributed by atoms with Crippen LogP contribution in [0.5, 0.6) is 0 Å². The molecule has 0 spiro atoms. The smallest absolute Gasteiger partial charge is 0.246 e. The molecule has 5 heteroatoms. The summed E-state index contributed by atoms with van der Waals surface area (Å²) in [7, 11) is 0. The van der Waals surface area contributed by atoms with Crippen molar-refractivity contribution in [3.63, 3.8) is 0 Å². The molecule has 0 atom stereocenters. The number of hydrogen-bond acceptors (Lipinski definition) is 3. The highest BCUT2D eigenvalue weighted by molar-refractivity contribution is 5.91. The minimum Gasteiger partial charge on any atom is -0.465 e. The Morgan fingerprint density at radius 2 is 1.83 bits per heavy atom. The molecule has 1 aromatic rings. The lowest BCUT2D eigenvalue weighted by molar-refractivity contribution is -0.137. The zero-order chi connectivity index (χ0) is 16.1. The van der Waals surface area contributed by atoms with E-state index in [1.54, 1.807) is 23.3 Å². The number of carbonyl (C=O) groups excluding carboxylic acids is 2. The standard InChI is InChI=1S/C18H24N2O3/c21-17(8-7-16-6-3-13-23-16)19-9-11-20(12-10-19)18(22)14-15-4-1-2-5-15/h3,6-8,13,15H,1-2,4-5,9-12,14H2. The lowest BCUT2D eigenvalue weighted by atomic mass is 10.0. The van der Waals surface area contributed by atoms with Gasteiger partial charge in [0.25, 0.3) is 0 Å². The molecule has 2 amide bonds. The lowest BCUT2D eigenvalue weighted by Crippen LogP contribution is -2.50. The molecular formula is C18H24N2O3. The topological polar surface area (TPSA) is 53.8 Å². The fraction of sp³-hybridized carbons (Fsp3) is 0.556. The monoisotopic (exact) mass is 316 g/mol. The summed E-state index contributed by atoms with van der Waals surface area (Å²) in [5.41, 5.74) is 0. The minimum atomic E-state index is -0.0238. The van der Waals surface area contributed by atoms with E-state index in [1.165, 1.54) is 31.8 Å². The van der Waals surface area contributed by atoms with Gasteiger partial charge in [0.05, 0.1) is 6.26 Å². The summed E-state index contributed by atoms with van der Waals surface area (Å²) in [6, 6.07) is 3.60. The fourth-order valence-electron chi connectivity index (χ4n) is 3.41. The lowest BCUT2D eigenvalue weighted by Gasteiger charge is -2.34. The van der Waals surface area contributed by atoms with Gasteiger partial charge in [-0.15, -0.1) is 0 Å². The molecule has 1 saturated heterocycles. The van der Waals surface area contributed by atoms with E-state index in [0.29, 0.717) is 44.3 Å². The third-order valence-corrected chi connectivity index (χ3v) is 4.82.